The predicted molar refractivity (Wildman–Crippen MR) is 167 cm³/mol. The summed E-state index contributed by atoms with van der Waals surface area (Å²) in [6.07, 6.45) is 8.28. The Hall–Kier alpha value is -5.35. The fraction of sp³-hybridized carbons (Fsp3) is 0.241. The molecule has 0 radical (unpaired) electrons. The van der Waals surface area contributed by atoms with Crippen LogP contribution >= 0.6 is 0 Å². The summed E-state index contributed by atoms with van der Waals surface area (Å²) in [7, 11) is -3.80. The van der Waals surface area contributed by atoms with Gasteiger partial charge in [0.15, 0.2) is 11.6 Å². The van der Waals surface area contributed by atoms with Crippen LogP contribution in [0.25, 0.3) is 5.57 Å². The summed E-state index contributed by atoms with van der Waals surface area (Å²) in [6.45, 7) is 7.58. The molecule has 15 nitrogen and oxygen atoms in total. The maximum Gasteiger partial charge on any atom is 0.243 e. The highest BCUT2D eigenvalue weighted by Crippen LogP contribution is 2.41. The first-order valence-electron chi connectivity index (χ1n) is 14.0. The van der Waals surface area contributed by atoms with Gasteiger partial charge in [0.1, 0.15) is 11.5 Å². The van der Waals surface area contributed by atoms with Gasteiger partial charge in [0.05, 0.1) is 17.3 Å². The first-order chi connectivity index (χ1) is 21.6. The van der Waals surface area contributed by atoms with Crippen molar-refractivity contribution < 1.29 is 18.6 Å². The van der Waals surface area contributed by atoms with E-state index in [1.165, 1.54) is 38.4 Å². The molecule has 0 spiro atoms. The first kappa shape index (κ1) is 31.1. The third-order valence-corrected chi connectivity index (χ3v) is 9.07. The normalized spacial score (nSPS) is 13.8. The number of rotatable bonds is 10. The van der Waals surface area contributed by atoms with Crippen LogP contribution in [0.1, 0.15) is 54.2 Å². The van der Waals surface area contributed by atoms with Gasteiger partial charge in [-0.05, 0) is 112 Å². The molecule has 0 fully saturated rings. The molecule has 1 aliphatic carbocycles. The van der Waals surface area contributed by atoms with Crippen molar-refractivity contribution >= 4 is 28.0 Å². The number of hydrogen-bond acceptors (Lipinski definition) is 12. The van der Waals surface area contributed by atoms with Gasteiger partial charge in [-0.25, -0.2) is 8.42 Å². The molecule has 0 saturated heterocycles. The molecule has 2 aromatic heterocycles. The molecular formula is C29H31N11O4S. The second kappa shape index (κ2) is 13.1. The maximum absolute atomic E-state index is 13.5. The lowest BCUT2D eigenvalue weighted by Crippen LogP contribution is -2.31. The Bertz CT molecular complexity index is 1880. The van der Waals surface area contributed by atoms with Crippen LogP contribution in [0, 0.1) is 13.8 Å². The van der Waals surface area contributed by atoms with Crippen molar-refractivity contribution in [3.8, 4) is 11.5 Å². The maximum atomic E-state index is 13.5. The number of phenols is 2. The SMILES string of the molecule is CCN(CC)S(=O)(=O)C1=CC(=C(c2cc(C=Nn3nnnc3C)ccc2O)c2cc(C=Nn3nnnc3C)ccc2O)CC=C1. The smallest absolute Gasteiger partial charge is 0.243 e. The molecule has 2 heterocycles. The number of benzene rings is 2. The van der Waals surface area contributed by atoms with E-state index in [1.54, 1.807) is 70.2 Å². The third-order valence-electron chi connectivity index (χ3n) is 7.02. The molecular weight excluding hydrogens is 598 g/mol. The van der Waals surface area contributed by atoms with Crippen LogP contribution < -0.4 is 0 Å². The van der Waals surface area contributed by atoms with Gasteiger partial charge in [0.25, 0.3) is 0 Å². The van der Waals surface area contributed by atoms with E-state index in [1.807, 2.05) is 0 Å². The number of tetrazole rings is 2. The van der Waals surface area contributed by atoms with Gasteiger partial charge in [-0.2, -0.15) is 14.5 Å². The van der Waals surface area contributed by atoms with Crippen LogP contribution in [-0.2, 0) is 10.0 Å². The molecule has 2 N–H and O–H groups in total. The molecule has 2 aromatic carbocycles. The van der Waals surface area contributed by atoms with Crippen LogP contribution in [0.5, 0.6) is 11.5 Å². The Morgan fingerprint density at radius 3 is 1.84 bits per heavy atom. The standard InChI is InChI=1S/C29H31N11O4S/c1-5-38(6-2)45(43,44)24-9-7-8-23(16-24)29(25-14-21(10-12-27(25)41)17-30-39-19(3)32-34-36-39)26-15-22(11-13-28(26)42)18-31-40-20(4)33-35-37-40/h7,9-18,41-42H,5-6,8H2,1-4H3. The first-order valence-corrected chi connectivity index (χ1v) is 15.4. The monoisotopic (exact) mass is 629 g/mol. The van der Waals surface area contributed by atoms with Crippen molar-refractivity contribution in [1.29, 1.82) is 0 Å². The van der Waals surface area contributed by atoms with Crippen LogP contribution in [0.2, 0.25) is 0 Å². The van der Waals surface area contributed by atoms with Crippen molar-refractivity contribution in [2.45, 2.75) is 34.1 Å². The van der Waals surface area contributed by atoms with Gasteiger partial charge in [0.2, 0.25) is 10.0 Å². The number of aromatic hydroxyl groups is 2. The second-order valence-electron chi connectivity index (χ2n) is 9.92. The van der Waals surface area contributed by atoms with E-state index in [4.69, 9.17) is 0 Å². The van der Waals surface area contributed by atoms with Crippen LogP contribution in [0.4, 0.5) is 0 Å². The largest absolute Gasteiger partial charge is 0.507 e. The van der Waals surface area contributed by atoms with Crippen molar-refractivity contribution in [3.63, 3.8) is 0 Å². The lowest BCUT2D eigenvalue weighted by molar-refractivity contribution is 0.451. The molecule has 45 heavy (non-hydrogen) atoms. The Balaban J connectivity index is 1.71. The number of hydrogen-bond donors (Lipinski definition) is 2. The summed E-state index contributed by atoms with van der Waals surface area (Å²) in [5, 5.41) is 53.4. The summed E-state index contributed by atoms with van der Waals surface area (Å²) < 4.78 is 28.4. The molecule has 16 heteroatoms. The molecule has 1 aliphatic rings. The minimum atomic E-state index is -3.80. The van der Waals surface area contributed by atoms with E-state index in [0.29, 0.717) is 64.6 Å². The molecule has 0 saturated carbocycles. The summed E-state index contributed by atoms with van der Waals surface area (Å²) >= 11 is 0. The lowest BCUT2D eigenvalue weighted by atomic mass is 9.87. The second-order valence-corrected chi connectivity index (χ2v) is 11.9. The number of aromatic nitrogens is 8. The summed E-state index contributed by atoms with van der Waals surface area (Å²) in [5.74, 6) is 0.781. The van der Waals surface area contributed by atoms with Crippen LogP contribution in [-0.4, -0.2) is 89.1 Å². The zero-order valence-electron chi connectivity index (χ0n) is 25.0. The highest BCUT2D eigenvalue weighted by molar-refractivity contribution is 7.93. The Morgan fingerprint density at radius 2 is 1.40 bits per heavy atom. The zero-order chi connectivity index (χ0) is 32.1. The third kappa shape index (κ3) is 6.61. The quantitative estimate of drug-likeness (QED) is 0.247. The molecule has 0 unspecified atom stereocenters. The Labute approximate surface area is 259 Å². The molecule has 0 aliphatic heterocycles. The number of phenolic OH excluding ortho intramolecular Hbond substituents is 2. The number of sulfonamides is 1. The van der Waals surface area contributed by atoms with Gasteiger partial charge < -0.3 is 10.2 Å². The fourth-order valence-corrected chi connectivity index (χ4v) is 6.24. The van der Waals surface area contributed by atoms with Gasteiger partial charge in [-0.1, -0.05) is 19.9 Å². The van der Waals surface area contributed by atoms with Gasteiger partial charge in [-0.3, -0.25) is 0 Å². The van der Waals surface area contributed by atoms with Crippen molar-refractivity contribution in [2.24, 2.45) is 10.2 Å². The summed E-state index contributed by atoms with van der Waals surface area (Å²) in [4.78, 5) is 2.61. The van der Waals surface area contributed by atoms with Gasteiger partial charge >= 0.3 is 0 Å². The number of aryl methyl sites for hydroxylation is 2. The van der Waals surface area contributed by atoms with E-state index >= 15 is 0 Å². The van der Waals surface area contributed by atoms with E-state index < -0.39 is 10.0 Å². The van der Waals surface area contributed by atoms with Crippen molar-refractivity contribution in [1.82, 2.24) is 44.9 Å². The Kier molecular flexibility index (Phi) is 9.06. The highest BCUT2D eigenvalue weighted by atomic mass is 32.2. The average Bonchev–Trinajstić information content (AvgIpc) is 3.65. The minimum absolute atomic E-state index is 0.0906. The number of allylic oxidation sites excluding steroid dienone is 4. The molecule has 5 rings (SSSR count). The average molecular weight is 630 g/mol. The Morgan fingerprint density at radius 1 is 0.889 bits per heavy atom. The highest BCUT2D eigenvalue weighted by Gasteiger charge is 2.26. The lowest BCUT2D eigenvalue weighted by Gasteiger charge is -2.22. The summed E-state index contributed by atoms with van der Waals surface area (Å²) in [5.41, 5.74) is 2.85. The molecule has 4 aromatic rings. The summed E-state index contributed by atoms with van der Waals surface area (Å²) in [6, 6.07) is 9.71. The molecule has 232 valence electrons. The van der Waals surface area contributed by atoms with E-state index in [9.17, 15) is 18.6 Å². The molecule has 0 bridgehead atoms. The van der Waals surface area contributed by atoms with E-state index in [0.717, 1.165) is 0 Å². The van der Waals surface area contributed by atoms with Crippen molar-refractivity contribution in [3.05, 3.63) is 99.0 Å². The van der Waals surface area contributed by atoms with Crippen LogP contribution in [0.3, 0.4) is 0 Å². The van der Waals surface area contributed by atoms with E-state index in [-0.39, 0.29) is 16.4 Å². The van der Waals surface area contributed by atoms with Gasteiger partial charge in [0, 0.05) is 24.2 Å². The number of nitrogens with zero attached hydrogens (tertiary/aromatic N) is 11. The van der Waals surface area contributed by atoms with Gasteiger partial charge in [-0.15, -0.1) is 19.8 Å². The fourth-order valence-electron chi connectivity index (χ4n) is 4.70. The molecule has 0 atom stereocenters. The van der Waals surface area contributed by atoms with Crippen molar-refractivity contribution in [2.75, 3.05) is 13.1 Å². The topological polar surface area (TPSA) is 190 Å². The van der Waals surface area contributed by atoms with E-state index in [2.05, 4.69) is 41.3 Å². The zero-order valence-corrected chi connectivity index (χ0v) is 25.8. The van der Waals surface area contributed by atoms with Crippen LogP contribution in [0.15, 0.2) is 75.3 Å². The minimum Gasteiger partial charge on any atom is -0.507 e. The predicted octanol–water partition coefficient (Wildman–Crippen LogP) is 2.77. The molecule has 0 amide bonds.